The summed E-state index contributed by atoms with van der Waals surface area (Å²) in [4.78, 5) is 0. The molecule has 17 heavy (non-hydrogen) atoms. The Hall–Kier alpha value is -1.97. The van der Waals surface area contributed by atoms with Crippen molar-refractivity contribution in [3.63, 3.8) is 0 Å². The van der Waals surface area contributed by atoms with Crippen molar-refractivity contribution in [1.82, 2.24) is 9.78 Å². The van der Waals surface area contributed by atoms with Gasteiger partial charge in [0, 0.05) is 30.4 Å². The molecule has 0 bridgehead atoms. The molecule has 2 aromatic rings. The van der Waals surface area contributed by atoms with Crippen molar-refractivity contribution >= 4 is 5.82 Å². The van der Waals surface area contributed by atoms with Gasteiger partial charge in [-0.1, -0.05) is 18.2 Å². The molecule has 0 radical (unpaired) electrons. The summed E-state index contributed by atoms with van der Waals surface area (Å²) < 4.78 is 1.90. The van der Waals surface area contributed by atoms with Crippen LogP contribution in [0.2, 0.25) is 0 Å². The van der Waals surface area contributed by atoms with E-state index in [4.69, 9.17) is 0 Å². The monoisotopic (exact) mass is 231 g/mol. The van der Waals surface area contributed by atoms with Gasteiger partial charge in [0.1, 0.15) is 11.6 Å². The zero-order valence-corrected chi connectivity index (χ0v) is 10.1. The van der Waals surface area contributed by atoms with Crippen molar-refractivity contribution in [3.8, 4) is 5.75 Å². The number of nitrogens with zero attached hydrogens (tertiary/aromatic N) is 2. The maximum atomic E-state index is 9.62. The van der Waals surface area contributed by atoms with Crippen molar-refractivity contribution in [2.24, 2.45) is 0 Å². The third-order valence-corrected chi connectivity index (χ3v) is 2.59. The van der Waals surface area contributed by atoms with Crippen molar-refractivity contribution < 1.29 is 5.11 Å². The van der Waals surface area contributed by atoms with Crippen LogP contribution in [-0.2, 0) is 6.54 Å². The summed E-state index contributed by atoms with van der Waals surface area (Å²) in [6.45, 7) is 4.74. The van der Waals surface area contributed by atoms with Gasteiger partial charge in [-0.05, 0) is 19.9 Å². The molecule has 0 amide bonds. The van der Waals surface area contributed by atoms with Crippen LogP contribution in [0, 0.1) is 0 Å². The second-order valence-electron chi connectivity index (χ2n) is 4.26. The average molecular weight is 231 g/mol. The molecule has 1 aromatic heterocycles. The summed E-state index contributed by atoms with van der Waals surface area (Å²) in [5.74, 6) is 1.13. The molecular weight excluding hydrogens is 214 g/mol. The molecule has 4 nitrogen and oxygen atoms in total. The molecule has 1 heterocycles. The Morgan fingerprint density at radius 3 is 2.71 bits per heavy atom. The van der Waals surface area contributed by atoms with E-state index in [0.29, 0.717) is 18.3 Å². The molecule has 2 rings (SSSR count). The second kappa shape index (κ2) is 4.91. The van der Waals surface area contributed by atoms with Crippen LogP contribution in [0.4, 0.5) is 5.82 Å². The Kier molecular flexibility index (Phi) is 3.32. The van der Waals surface area contributed by atoms with Gasteiger partial charge in [-0.25, -0.2) is 0 Å². The van der Waals surface area contributed by atoms with Gasteiger partial charge in [-0.15, -0.1) is 0 Å². The number of hydrogen-bond donors (Lipinski definition) is 2. The summed E-state index contributed by atoms with van der Waals surface area (Å²) >= 11 is 0. The normalized spacial score (nSPS) is 10.8. The van der Waals surface area contributed by atoms with Crippen LogP contribution in [0.25, 0.3) is 0 Å². The summed E-state index contributed by atoms with van der Waals surface area (Å²) in [5, 5.41) is 17.2. The van der Waals surface area contributed by atoms with Gasteiger partial charge in [0.25, 0.3) is 0 Å². The minimum absolute atomic E-state index is 0.309. The molecule has 0 aliphatic rings. The van der Waals surface area contributed by atoms with E-state index in [1.54, 1.807) is 6.07 Å². The van der Waals surface area contributed by atoms with E-state index in [0.717, 1.165) is 11.4 Å². The predicted molar refractivity (Wildman–Crippen MR) is 68.0 cm³/mol. The minimum Gasteiger partial charge on any atom is -0.508 e. The molecule has 0 aliphatic heterocycles. The number of para-hydroxylation sites is 1. The Morgan fingerprint density at radius 1 is 1.29 bits per heavy atom. The molecule has 0 spiro atoms. The number of benzene rings is 1. The highest BCUT2D eigenvalue weighted by molar-refractivity contribution is 5.38. The van der Waals surface area contributed by atoms with Crippen LogP contribution < -0.4 is 5.32 Å². The number of anilines is 1. The van der Waals surface area contributed by atoms with E-state index in [1.807, 2.05) is 35.1 Å². The van der Waals surface area contributed by atoms with Crippen LogP contribution in [0.1, 0.15) is 25.5 Å². The smallest absolute Gasteiger partial charge is 0.148 e. The molecule has 0 saturated carbocycles. The molecule has 0 aliphatic carbocycles. The van der Waals surface area contributed by atoms with E-state index >= 15 is 0 Å². The van der Waals surface area contributed by atoms with Gasteiger partial charge in [-0.2, -0.15) is 5.10 Å². The third kappa shape index (κ3) is 2.78. The summed E-state index contributed by atoms with van der Waals surface area (Å²) in [6, 6.07) is 9.58. The minimum atomic E-state index is 0.309. The number of aromatic hydroxyl groups is 1. The van der Waals surface area contributed by atoms with Crippen molar-refractivity contribution in [2.75, 3.05) is 5.32 Å². The van der Waals surface area contributed by atoms with Crippen molar-refractivity contribution in [2.45, 2.75) is 26.4 Å². The lowest BCUT2D eigenvalue weighted by Gasteiger charge is -2.06. The van der Waals surface area contributed by atoms with Crippen LogP contribution in [0.5, 0.6) is 5.75 Å². The van der Waals surface area contributed by atoms with E-state index in [1.165, 1.54) is 0 Å². The second-order valence-corrected chi connectivity index (χ2v) is 4.26. The fourth-order valence-corrected chi connectivity index (χ4v) is 1.57. The number of aromatic nitrogens is 2. The Balaban J connectivity index is 2.00. The molecule has 0 saturated heterocycles. The predicted octanol–water partition coefficient (Wildman–Crippen LogP) is 2.78. The molecule has 1 aromatic carbocycles. The number of hydrogen-bond acceptors (Lipinski definition) is 3. The first-order chi connectivity index (χ1) is 8.16. The van der Waals surface area contributed by atoms with Crippen LogP contribution >= 0.6 is 0 Å². The van der Waals surface area contributed by atoms with Gasteiger partial charge in [0.15, 0.2) is 0 Å². The lowest BCUT2D eigenvalue weighted by molar-refractivity contribution is 0.469. The van der Waals surface area contributed by atoms with E-state index in [-0.39, 0.29) is 0 Å². The van der Waals surface area contributed by atoms with Crippen molar-refractivity contribution in [3.05, 3.63) is 42.1 Å². The summed E-state index contributed by atoms with van der Waals surface area (Å²) in [7, 11) is 0. The van der Waals surface area contributed by atoms with E-state index < -0.39 is 0 Å². The Labute approximate surface area is 101 Å². The SMILES string of the molecule is CC(C)n1ccc(NCc2ccccc2O)n1. The van der Waals surface area contributed by atoms with Gasteiger partial charge < -0.3 is 10.4 Å². The number of rotatable bonds is 4. The Morgan fingerprint density at radius 2 is 2.06 bits per heavy atom. The highest BCUT2D eigenvalue weighted by atomic mass is 16.3. The fraction of sp³-hybridized carbons (Fsp3) is 0.308. The van der Waals surface area contributed by atoms with Crippen LogP contribution in [0.15, 0.2) is 36.5 Å². The first-order valence-electron chi connectivity index (χ1n) is 5.72. The molecule has 0 unspecified atom stereocenters. The number of phenolic OH excluding ortho intramolecular Hbond substituents is 1. The summed E-state index contributed by atoms with van der Waals surface area (Å²) in [5.41, 5.74) is 0.867. The molecule has 0 atom stereocenters. The zero-order chi connectivity index (χ0) is 12.3. The lowest BCUT2D eigenvalue weighted by atomic mass is 10.2. The molecular formula is C13H17N3O. The first-order valence-corrected chi connectivity index (χ1v) is 5.72. The van der Waals surface area contributed by atoms with Gasteiger partial charge in [0.2, 0.25) is 0 Å². The number of nitrogens with one attached hydrogen (secondary N) is 1. The van der Waals surface area contributed by atoms with Crippen LogP contribution in [-0.4, -0.2) is 14.9 Å². The zero-order valence-electron chi connectivity index (χ0n) is 10.1. The molecule has 4 heteroatoms. The highest BCUT2D eigenvalue weighted by Crippen LogP contribution is 2.17. The maximum Gasteiger partial charge on any atom is 0.148 e. The quantitative estimate of drug-likeness (QED) is 0.850. The van der Waals surface area contributed by atoms with Gasteiger partial charge in [-0.3, -0.25) is 4.68 Å². The van der Waals surface area contributed by atoms with E-state index in [2.05, 4.69) is 24.3 Å². The first kappa shape index (κ1) is 11.5. The van der Waals surface area contributed by atoms with Crippen molar-refractivity contribution in [1.29, 1.82) is 0 Å². The largest absolute Gasteiger partial charge is 0.508 e. The maximum absolute atomic E-state index is 9.62. The average Bonchev–Trinajstić information content (AvgIpc) is 2.77. The molecule has 90 valence electrons. The molecule has 2 N–H and O–H groups in total. The van der Waals surface area contributed by atoms with Gasteiger partial charge >= 0.3 is 0 Å². The standard InChI is InChI=1S/C13H17N3O/c1-10(2)16-8-7-13(15-16)14-9-11-5-3-4-6-12(11)17/h3-8,10,17H,9H2,1-2H3,(H,14,15). The fourth-order valence-electron chi connectivity index (χ4n) is 1.57. The highest BCUT2D eigenvalue weighted by Gasteiger charge is 2.03. The summed E-state index contributed by atoms with van der Waals surface area (Å²) in [6.07, 6.45) is 1.94. The number of phenols is 1. The third-order valence-electron chi connectivity index (χ3n) is 2.59. The van der Waals surface area contributed by atoms with E-state index in [9.17, 15) is 5.11 Å². The lowest BCUT2D eigenvalue weighted by Crippen LogP contribution is -2.04. The molecule has 0 fully saturated rings. The Bertz CT molecular complexity index is 491. The topological polar surface area (TPSA) is 50.1 Å². The van der Waals surface area contributed by atoms with Gasteiger partial charge in [0.05, 0.1) is 0 Å². The van der Waals surface area contributed by atoms with Crippen LogP contribution in [0.3, 0.4) is 0 Å².